The summed E-state index contributed by atoms with van der Waals surface area (Å²) < 4.78 is 46.0. The Morgan fingerprint density at radius 2 is 0.593 bits per heavy atom. The maximum atomic E-state index is 6.69. The normalized spacial score (nSPS) is 13.6. The Kier molecular flexibility index (Phi) is 44.9. The third-order valence-electron chi connectivity index (χ3n) is 11.0. The van der Waals surface area contributed by atoms with Gasteiger partial charge < -0.3 is 33.2 Å². The molecule has 0 spiro atoms. The molecule has 0 fully saturated rings. The van der Waals surface area contributed by atoms with Crippen LogP contribution in [0.5, 0.6) is 0 Å². The quantitative estimate of drug-likeness (QED) is 0.0343. The van der Waals surface area contributed by atoms with Gasteiger partial charge in [-0.15, -0.1) is 0 Å². The fraction of sp³-hybridized carbons (Fsp3) is 0.923. The molecule has 0 aliphatic rings. The van der Waals surface area contributed by atoms with Crippen molar-refractivity contribution in [3.63, 3.8) is 0 Å². The molecule has 2 unspecified atom stereocenters. The van der Waals surface area contributed by atoms with Gasteiger partial charge in [0.15, 0.2) is 25.1 Å². The molecule has 59 heavy (non-hydrogen) atoms. The van der Waals surface area contributed by atoms with Crippen molar-refractivity contribution in [2.45, 2.75) is 273 Å². The van der Waals surface area contributed by atoms with Crippen molar-refractivity contribution in [1.82, 2.24) is 0 Å². The standard InChI is InChI=1S/C52H102O7/c1-9-17-23-27-33-41-54-47(37-15-7)51(56-43-35-29-25-19-11-3)49(39-31-21-13-5)58-45-53-46-59-50(40-32-22-14-6)52(57-44-36-30-26-20-12-4)48(38-16-8)55-42-34-28-24-18-10-2/h49-50H,9-46H2,1-8H3. The number of rotatable bonds is 48. The maximum Gasteiger partial charge on any atom is 0.162 e. The summed E-state index contributed by atoms with van der Waals surface area (Å²) in [6.07, 6.45) is 36.0. The van der Waals surface area contributed by atoms with Crippen LogP contribution in [0.15, 0.2) is 23.0 Å². The van der Waals surface area contributed by atoms with Gasteiger partial charge in [0.05, 0.1) is 26.4 Å². The minimum atomic E-state index is -0.215. The molecule has 7 heteroatoms. The highest BCUT2D eigenvalue weighted by Gasteiger charge is 2.25. The molecule has 0 aromatic carbocycles. The zero-order valence-corrected chi connectivity index (χ0v) is 40.9. The molecule has 2 atom stereocenters. The van der Waals surface area contributed by atoms with E-state index in [2.05, 4.69) is 55.4 Å². The highest BCUT2D eigenvalue weighted by molar-refractivity contribution is 5.09. The fourth-order valence-electron chi connectivity index (χ4n) is 7.30. The molecule has 7 nitrogen and oxygen atoms in total. The van der Waals surface area contributed by atoms with Crippen molar-refractivity contribution < 1.29 is 33.2 Å². The van der Waals surface area contributed by atoms with Crippen molar-refractivity contribution in [3.8, 4) is 0 Å². The van der Waals surface area contributed by atoms with Crippen molar-refractivity contribution in [3.05, 3.63) is 23.0 Å². The Labute approximate surface area is 368 Å². The van der Waals surface area contributed by atoms with E-state index in [0.29, 0.717) is 13.2 Å². The van der Waals surface area contributed by atoms with Crippen LogP contribution in [0.4, 0.5) is 0 Å². The Morgan fingerprint density at radius 1 is 0.305 bits per heavy atom. The molecule has 0 aliphatic carbocycles. The monoisotopic (exact) mass is 839 g/mol. The van der Waals surface area contributed by atoms with Crippen LogP contribution in [-0.4, -0.2) is 52.2 Å². The van der Waals surface area contributed by atoms with Gasteiger partial charge in [0.25, 0.3) is 0 Å². The first-order valence-corrected chi connectivity index (χ1v) is 25.9. The van der Waals surface area contributed by atoms with Crippen molar-refractivity contribution >= 4 is 0 Å². The Balaban J connectivity index is 6.16. The summed E-state index contributed by atoms with van der Waals surface area (Å²) in [6.45, 7) is 21.1. The highest BCUT2D eigenvalue weighted by atomic mass is 16.7. The predicted octanol–water partition coefficient (Wildman–Crippen LogP) is 16.8. The first-order valence-electron chi connectivity index (χ1n) is 25.9. The van der Waals surface area contributed by atoms with Gasteiger partial charge in [0.1, 0.15) is 23.7 Å². The number of unbranched alkanes of at least 4 members (excludes halogenated alkanes) is 20. The van der Waals surface area contributed by atoms with Crippen LogP contribution in [0.1, 0.15) is 261 Å². The molecule has 0 radical (unpaired) electrons. The summed E-state index contributed by atoms with van der Waals surface area (Å²) in [5.41, 5.74) is 0. The third-order valence-corrected chi connectivity index (χ3v) is 11.0. The van der Waals surface area contributed by atoms with E-state index in [1.54, 1.807) is 0 Å². The van der Waals surface area contributed by atoms with Crippen molar-refractivity contribution in [2.24, 2.45) is 0 Å². The van der Waals surface area contributed by atoms with Crippen LogP contribution in [0.25, 0.3) is 0 Å². The van der Waals surface area contributed by atoms with Crippen LogP contribution in [0.2, 0.25) is 0 Å². The second-order valence-electron chi connectivity index (χ2n) is 16.9. The lowest BCUT2D eigenvalue weighted by molar-refractivity contribution is -0.167. The minimum Gasteiger partial charge on any atom is -0.494 e. The number of hydrogen-bond donors (Lipinski definition) is 0. The lowest BCUT2D eigenvalue weighted by atomic mass is 10.1. The van der Waals surface area contributed by atoms with E-state index in [-0.39, 0.29) is 25.8 Å². The van der Waals surface area contributed by atoms with E-state index >= 15 is 0 Å². The smallest absolute Gasteiger partial charge is 0.162 e. The first-order chi connectivity index (χ1) is 29.1. The third kappa shape index (κ3) is 33.8. The van der Waals surface area contributed by atoms with E-state index in [1.807, 2.05) is 0 Å². The highest BCUT2D eigenvalue weighted by Crippen LogP contribution is 2.27. The van der Waals surface area contributed by atoms with Gasteiger partial charge in [-0.2, -0.15) is 0 Å². The Hall–Kier alpha value is -1.44. The van der Waals surface area contributed by atoms with Gasteiger partial charge in [0, 0.05) is 12.8 Å². The summed E-state index contributed by atoms with van der Waals surface area (Å²) in [7, 11) is 0. The van der Waals surface area contributed by atoms with Gasteiger partial charge in [0.2, 0.25) is 0 Å². The van der Waals surface area contributed by atoms with Crippen LogP contribution in [0, 0.1) is 0 Å². The maximum absolute atomic E-state index is 6.69. The Bertz CT molecular complexity index is 847. The van der Waals surface area contributed by atoms with Crippen LogP contribution >= 0.6 is 0 Å². The second kappa shape index (κ2) is 46.1. The molecule has 0 rings (SSSR count). The van der Waals surface area contributed by atoms with E-state index in [1.165, 1.54) is 103 Å². The minimum absolute atomic E-state index is 0.131. The number of ether oxygens (including phenoxy) is 7. The number of allylic oxidation sites excluding steroid dienone is 2. The average molecular weight is 839 g/mol. The van der Waals surface area contributed by atoms with E-state index in [4.69, 9.17) is 33.2 Å². The summed E-state index contributed by atoms with van der Waals surface area (Å²) in [6, 6.07) is 0. The van der Waals surface area contributed by atoms with Gasteiger partial charge in [-0.3, -0.25) is 0 Å². The molecule has 0 amide bonds. The first kappa shape index (κ1) is 57.6. The molecule has 0 aromatic rings. The zero-order valence-electron chi connectivity index (χ0n) is 40.9. The predicted molar refractivity (Wildman–Crippen MR) is 252 cm³/mol. The average Bonchev–Trinajstić information content (AvgIpc) is 3.24. The molecule has 0 aliphatic heterocycles. The molecule has 352 valence electrons. The molecule has 0 N–H and O–H groups in total. The van der Waals surface area contributed by atoms with Gasteiger partial charge >= 0.3 is 0 Å². The van der Waals surface area contributed by atoms with Crippen LogP contribution in [-0.2, 0) is 33.2 Å². The lowest BCUT2D eigenvalue weighted by Gasteiger charge is -2.26. The van der Waals surface area contributed by atoms with E-state index in [9.17, 15) is 0 Å². The Morgan fingerprint density at radius 3 is 0.898 bits per heavy atom. The largest absolute Gasteiger partial charge is 0.494 e. The summed E-state index contributed by atoms with van der Waals surface area (Å²) >= 11 is 0. The van der Waals surface area contributed by atoms with Gasteiger partial charge in [-0.25, -0.2) is 0 Å². The molecule has 0 saturated heterocycles. The van der Waals surface area contributed by atoms with Gasteiger partial charge in [-0.05, 0) is 51.4 Å². The summed E-state index contributed by atoms with van der Waals surface area (Å²) in [5.74, 6) is 3.73. The molecule has 0 saturated carbocycles. The SMILES string of the molecule is CCCCCCCOC(CCC)=C(OCCCCCCC)C(CCCCC)OCOCOC(CCCCC)C(OCCCCCCC)=C(CCC)OCCCCCCC. The second-order valence-corrected chi connectivity index (χ2v) is 16.9. The molecular weight excluding hydrogens is 737 g/mol. The lowest BCUT2D eigenvalue weighted by Crippen LogP contribution is -2.25. The van der Waals surface area contributed by atoms with E-state index in [0.717, 1.165) is 139 Å². The van der Waals surface area contributed by atoms with Crippen molar-refractivity contribution in [2.75, 3.05) is 40.0 Å². The van der Waals surface area contributed by atoms with Crippen LogP contribution < -0.4 is 0 Å². The van der Waals surface area contributed by atoms with Gasteiger partial charge in [-0.1, -0.05) is 197 Å². The molecule has 0 heterocycles. The van der Waals surface area contributed by atoms with Crippen molar-refractivity contribution in [1.29, 1.82) is 0 Å². The zero-order chi connectivity index (χ0) is 43.3. The molecule has 0 aromatic heterocycles. The topological polar surface area (TPSA) is 64.6 Å². The summed E-state index contributed by atoms with van der Waals surface area (Å²) in [4.78, 5) is 0. The number of hydrogen-bond acceptors (Lipinski definition) is 7. The molecular formula is C52H102O7. The van der Waals surface area contributed by atoms with E-state index < -0.39 is 0 Å². The van der Waals surface area contributed by atoms with Crippen LogP contribution in [0.3, 0.4) is 0 Å². The fourth-order valence-corrected chi connectivity index (χ4v) is 7.30. The summed E-state index contributed by atoms with van der Waals surface area (Å²) in [5, 5.41) is 0. The molecule has 0 bridgehead atoms.